The second-order valence-electron chi connectivity index (χ2n) is 7.76. The number of nitrogens with one attached hydrogen (secondary N) is 2. The summed E-state index contributed by atoms with van der Waals surface area (Å²) >= 11 is 0. The fourth-order valence-electron chi connectivity index (χ4n) is 4.24. The number of carbonyl (C=O) groups is 2. The Morgan fingerprint density at radius 2 is 2.07 bits per heavy atom. The molecule has 2 fully saturated rings. The van der Waals surface area contributed by atoms with Gasteiger partial charge in [0.15, 0.2) is 5.69 Å². The minimum atomic E-state index is -0.250. The van der Waals surface area contributed by atoms with Crippen molar-refractivity contribution in [2.24, 2.45) is 0 Å². The van der Waals surface area contributed by atoms with Crippen LogP contribution in [0.2, 0.25) is 0 Å². The first-order valence-electron chi connectivity index (χ1n) is 9.98. The van der Waals surface area contributed by atoms with Crippen LogP contribution in [0.3, 0.4) is 0 Å². The molecule has 8 heteroatoms. The van der Waals surface area contributed by atoms with Gasteiger partial charge in [-0.1, -0.05) is 5.16 Å². The van der Waals surface area contributed by atoms with Crippen LogP contribution < -0.4 is 10.6 Å². The molecule has 0 aliphatic carbocycles. The first kappa shape index (κ1) is 19.8. The van der Waals surface area contributed by atoms with Gasteiger partial charge in [0.2, 0.25) is 5.91 Å². The topological polar surface area (TPSA) is 90.7 Å². The Balaban J connectivity index is 1.65. The van der Waals surface area contributed by atoms with E-state index in [-0.39, 0.29) is 29.6 Å². The van der Waals surface area contributed by atoms with Crippen LogP contribution in [0.5, 0.6) is 0 Å². The number of aromatic nitrogens is 1. The number of carbonyl (C=O) groups excluding carboxylic acids is 2. The summed E-state index contributed by atoms with van der Waals surface area (Å²) in [4.78, 5) is 29.7. The molecule has 1 aromatic rings. The molecule has 150 valence electrons. The molecule has 0 bridgehead atoms. The van der Waals surface area contributed by atoms with E-state index in [1.807, 2.05) is 6.92 Å². The minimum Gasteiger partial charge on any atom is -0.364 e. The van der Waals surface area contributed by atoms with Crippen molar-refractivity contribution >= 4 is 11.8 Å². The van der Waals surface area contributed by atoms with Crippen LogP contribution in [0.4, 0.5) is 0 Å². The van der Waals surface area contributed by atoms with Crippen molar-refractivity contribution in [1.29, 1.82) is 0 Å². The highest BCUT2D eigenvalue weighted by molar-refractivity contribution is 5.92. The number of piperidine rings is 1. The fraction of sp³-hybridized carbons (Fsp3) is 0.737. The average molecular weight is 377 g/mol. The van der Waals surface area contributed by atoms with Gasteiger partial charge in [0.05, 0.1) is 6.04 Å². The zero-order chi connectivity index (χ0) is 19.4. The summed E-state index contributed by atoms with van der Waals surface area (Å²) in [6, 6.07) is 2.22. The van der Waals surface area contributed by atoms with Crippen molar-refractivity contribution in [1.82, 2.24) is 25.6 Å². The molecule has 0 spiro atoms. The van der Waals surface area contributed by atoms with Gasteiger partial charge >= 0.3 is 0 Å². The van der Waals surface area contributed by atoms with Gasteiger partial charge in [-0.15, -0.1) is 0 Å². The third-order valence-corrected chi connectivity index (χ3v) is 5.70. The lowest BCUT2D eigenvalue weighted by Crippen LogP contribution is -2.52. The monoisotopic (exact) mass is 377 g/mol. The lowest BCUT2D eigenvalue weighted by molar-refractivity contribution is -0.126. The van der Waals surface area contributed by atoms with Gasteiger partial charge in [0, 0.05) is 37.3 Å². The third-order valence-electron chi connectivity index (χ3n) is 5.70. The van der Waals surface area contributed by atoms with Gasteiger partial charge < -0.3 is 20.1 Å². The van der Waals surface area contributed by atoms with E-state index in [1.165, 1.54) is 6.26 Å². The highest BCUT2D eigenvalue weighted by atomic mass is 16.5. The maximum atomic E-state index is 12.6. The average Bonchev–Trinajstić information content (AvgIpc) is 3.32. The van der Waals surface area contributed by atoms with E-state index in [0.29, 0.717) is 31.6 Å². The number of rotatable bonds is 6. The Bertz CT molecular complexity index is 625. The largest absolute Gasteiger partial charge is 0.364 e. The molecule has 3 rings (SSSR count). The van der Waals surface area contributed by atoms with Crippen molar-refractivity contribution in [3.05, 3.63) is 18.0 Å². The number of hydrogen-bond acceptors (Lipinski definition) is 6. The van der Waals surface area contributed by atoms with Crippen molar-refractivity contribution in [3.63, 3.8) is 0 Å². The lowest BCUT2D eigenvalue weighted by Gasteiger charge is -2.40. The van der Waals surface area contributed by atoms with Gasteiger partial charge in [-0.25, -0.2) is 0 Å². The zero-order valence-electron chi connectivity index (χ0n) is 16.5. The van der Waals surface area contributed by atoms with Crippen molar-refractivity contribution in [2.45, 2.75) is 64.2 Å². The number of nitrogens with zero attached hydrogens (tertiary/aromatic N) is 3. The van der Waals surface area contributed by atoms with Gasteiger partial charge in [0.1, 0.15) is 6.26 Å². The highest BCUT2D eigenvalue weighted by Gasteiger charge is 2.41. The fourth-order valence-corrected chi connectivity index (χ4v) is 4.24. The number of amides is 2. The van der Waals surface area contributed by atoms with E-state index in [4.69, 9.17) is 4.52 Å². The van der Waals surface area contributed by atoms with Gasteiger partial charge in [-0.3, -0.25) is 14.5 Å². The SMILES string of the molecule is CCNC(=O)[C@@H]1C[C@H](NC(=O)c2ccon2)CN1C1CCN(C(C)C)CC1. The summed E-state index contributed by atoms with van der Waals surface area (Å²) in [5.41, 5.74) is 0.272. The van der Waals surface area contributed by atoms with Crippen LogP contribution in [0.25, 0.3) is 0 Å². The summed E-state index contributed by atoms with van der Waals surface area (Å²) in [5.74, 6) is -0.193. The number of likely N-dealkylation sites (N-methyl/N-ethyl adjacent to an activating group) is 1. The normalized spacial score (nSPS) is 25.0. The Labute approximate surface area is 160 Å². The maximum Gasteiger partial charge on any atom is 0.273 e. The van der Waals surface area contributed by atoms with Crippen LogP contribution in [0.15, 0.2) is 16.9 Å². The minimum absolute atomic E-state index is 0.0574. The van der Waals surface area contributed by atoms with E-state index in [9.17, 15) is 9.59 Å². The Hall–Kier alpha value is -1.93. The smallest absolute Gasteiger partial charge is 0.273 e. The molecule has 8 nitrogen and oxygen atoms in total. The lowest BCUT2D eigenvalue weighted by atomic mass is 10.0. The van der Waals surface area contributed by atoms with Crippen LogP contribution in [0.1, 0.15) is 50.5 Å². The molecule has 2 aliphatic heterocycles. The van der Waals surface area contributed by atoms with Crippen LogP contribution in [0, 0.1) is 0 Å². The van der Waals surface area contributed by atoms with E-state index in [0.717, 1.165) is 25.9 Å². The first-order valence-corrected chi connectivity index (χ1v) is 9.98. The molecular weight excluding hydrogens is 346 g/mol. The number of likely N-dealkylation sites (tertiary alicyclic amines) is 2. The molecule has 2 atom stereocenters. The predicted molar refractivity (Wildman–Crippen MR) is 101 cm³/mol. The van der Waals surface area contributed by atoms with Crippen LogP contribution >= 0.6 is 0 Å². The molecule has 0 aromatic carbocycles. The Morgan fingerprint density at radius 3 is 2.67 bits per heavy atom. The van der Waals surface area contributed by atoms with Crippen molar-refractivity contribution in [3.8, 4) is 0 Å². The highest BCUT2D eigenvalue weighted by Crippen LogP contribution is 2.27. The molecule has 2 N–H and O–H groups in total. The predicted octanol–water partition coefficient (Wildman–Crippen LogP) is 0.856. The van der Waals surface area contributed by atoms with Gasteiger partial charge in [-0.2, -0.15) is 0 Å². The third kappa shape index (κ3) is 4.68. The van der Waals surface area contributed by atoms with E-state index in [1.54, 1.807) is 6.07 Å². The van der Waals surface area contributed by atoms with Crippen molar-refractivity contribution < 1.29 is 14.1 Å². The molecule has 0 unspecified atom stereocenters. The van der Waals surface area contributed by atoms with Crippen LogP contribution in [-0.2, 0) is 4.79 Å². The van der Waals surface area contributed by atoms with E-state index >= 15 is 0 Å². The van der Waals surface area contributed by atoms with E-state index in [2.05, 4.69) is 39.4 Å². The molecule has 0 radical (unpaired) electrons. The molecule has 2 amide bonds. The molecule has 3 heterocycles. The maximum absolute atomic E-state index is 12.6. The van der Waals surface area contributed by atoms with Gasteiger partial charge in [0.25, 0.3) is 5.91 Å². The van der Waals surface area contributed by atoms with Crippen molar-refractivity contribution in [2.75, 3.05) is 26.2 Å². The summed E-state index contributed by atoms with van der Waals surface area (Å²) in [5, 5.41) is 9.65. The molecule has 2 aliphatic rings. The standard InChI is InChI=1S/C19H31N5O3/c1-4-20-19(26)17-11-14(21-18(25)16-7-10-27-22-16)12-24(17)15-5-8-23(9-6-15)13(2)3/h7,10,13-15,17H,4-6,8-9,11-12H2,1-3H3,(H,20,26)(H,21,25)/t14-,17-/m0/s1. The summed E-state index contributed by atoms with van der Waals surface area (Å²) < 4.78 is 4.75. The Morgan fingerprint density at radius 1 is 1.33 bits per heavy atom. The second-order valence-corrected chi connectivity index (χ2v) is 7.76. The zero-order valence-corrected chi connectivity index (χ0v) is 16.5. The second kappa shape index (κ2) is 8.84. The molecule has 27 heavy (non-hydrogen) atoms. The summed E-state index contributed by atoms with van der Waals surface area (Å²) in [6.07, 6.45) is 4.12. The molecule has 2 saturated heterocycles. The van der Waals surface area contributed by atoms with E-state index < -0.39 is 0 Å². The van der Waals surface area contributed by atoms with Gasteiger partial charge in [-0.05, 0) is 53.1 Å². The molecule has 1 aromatic heterocycles. The molecular formula is C19H31N5O3. The Kier molecular flexibility index (Phi) is 6.49. The summed E-state index contributed by atoms with van der Waals surface area (Å²) in [6.45, 7) is 9.80. The first-order chi connectivity index (χ1) is 13.0. The number of hydrogen-bond donors (Lipinski definition) is 2. The quantitative estimate of drug-likeness (QED) is 0.764. The van der Waals surface area contributed by atoms with Crippen LogP contribution in [-0.4, -0.2) is 77.1 Å². The summed E-state index contributed by atoms with van der Waals surface area (Å²) in [7, 11) is 0. The molecule has 0 saturated carbocycles.